The van der Waals surface area contributed by atoms with E-state index in [1.54, 1.807) is 83.1 Å². The largest absolute Gasteiger partial charge is 0.394 e. The normalized spacial score (nSPS) is 9.09. The number of anilines is 3. The molecule has 0 fully saturated rings. The quantitative estimate of drug-likeness (QED) is 0.249. The molecule has 1 aromatic rings. The van der Waals surface area contributed by atoms with Gasteiger partial charge in [-0.25, -0.2) is 0 Å². The van der Waals surface area contributed by atoms with Crippen LogP contribution in [0.3, 0.4) is 0 Å². The van der Waals surface area contributed by atoms with Crippen molar-refractivity contribution in [3.05, 3.63) is 0 Å². The summed E-state index contributed by atoms with van der Waals surface area (Å²) in [5.74, 6) is 0.125. The van der Waals surface area contributed by atoms with E-state index in [-0.39, 0.29) is 54.5 Å². The van der Waals surface area contributed by atoms with E-state index in [4.69, 9.17) is 47.8 Å². The maximum Gasteiger partial charge on any atom is 0.226 e. The third kappa shape index (κ3) is 231. The highest BCUT2D eigenvalue weighted by atomic mass is 16.3. The van der Waals surface area contributed by atoms with Crippen LogP contribution < -0.4 is 17.2 Å². The number of nitrogens with two attached hydrogens (primary N) is 3. The van der Waals surface area contributed by atoms with Crippen molar-refractivity contribution in [3.63, 3.8) is 0 Å². The third-order valence-corrected chi connectivity index (χ3v) is 0.687. The van der Waals surface area contributed by atoms with E-state index in [1.807, 2.05) is 0 Å². The monoisotopic (exact) mass is 486 g/mol. The van der Waals surface area contributed by atoms with Crippen LogP contribution in [0.5, 0.6) is 0 Å². The second kappa shape index (κ2) is 32.4. The van der Waals surface area contributed by atoms with Crippen molar-refractivity contribution in [2.24, 2.45) is 0 Å². The number of rotatable bonds is 0. The summed E-state index contributed by atoms with van der Waals surface area (Å²) in [5, 5.41) is 48.3. The van der Waals surface area contributed by atoms with Gasteiger partial charge in [0.25, 0.3) is 0 Å². The summed E-state index contributed by atoms with van der Waals surface area (Å²) in [6, 6.07) is 0. The first-order valence-corrected chi connectivity index (χ1v) is 10.7. The van der Waals surface area contributed by atoms with E-state index < -0.39 is 0 Å². The van der Waals surface area contributed by atoms with E-state index in [0.717, 1.165) is 0 Å². The van der Waals surface area contributed by atoms with Crippen LogP contribution in [0.2, 0.25) is 0 Å². The molecule has 1 heterocycles. The van der Waals surface area contributed by atoms with Crippen molar-refractivity contribution in [2.45, 2.75) is 120 Å². The zero-order valence-corrected chi connectivity index (χ0v) is 22.7. The summed E-state index contributed by atoms with van der Waals surface area (Å²) in [6.45, 7) is 20.7. The van der Waals surface area contributed by atoms with Crippen LogP contribution in [0.25, 0.3) is 0 Å². The van der Waals surface area contributed by atoms with E-state index in [9.17, 15) is 0 Å². The molecule has 0 amide bonds. The summed E-state index contributed by atoms with van der Waals surface area (Å²) >= 11 is 0. The molecule has 1 rings (SSSR count). The van der Waals surface area contributed by atoms with Gasteiger partial charge in [-0.1, -0.05) is 0 Å². The van der Waals surface area contributed by atoms with Gasteiger partial charge in [-0.05, 0) is 83.1 Å². The Morgan fingerprint density at radius 2 is 0.424 bits per heavy atom. The number of nitrogen functional groups attached to an aromatic ring is 3. The van der Waals surface area contributed by atoms with Gasteiger partial charge in [0.05, 0.1) is 0 Å². The number of aliphatic hydroxyl groups is 6. The zero-order valence-electron chi connectivity index (χ0n) is 22.7. The summed E-state index contributed by atoms with van der Waals surface area (Å²) in [5.41, 5.74) is 15.4. The molecular formula is C21H54N6O6. The van der Waals surface area contributed by atoms with Crippen molar-refractivity contribution in [2.75, 3.05) is 17.2 Å². The molecule has 12 nitrogen and oxygen atoms in total. The maximum atomic E-state index is 8.06. The van der Waals surface area contributed by atoms with Crippen LogP contribution in [0.4, 0.5) is 17.8 Å². The van der Waals surface area contributed by atoms with Gasteiger partial charge in [0, 0.05) is 36.6 Å². The topological polar surface area (TPSA) is 238 Å². The van der Waals surface area contributed by atoms with Gasteiger partial charge < -0.3 is 47.8 Å². The average molecular weight is 487 g/mol. The smallest absolute Gasteiger partial charge is 0.226 e. The Balaban J connectivity index is -0.0000000672. The highest BCUT2D eigenvalue weighted by Gasteiger charge is 1.93. The molecule has 0 aromatic carbocycles. The SMILES string of the molecule is CC(C)O.CC(C)O.CC(C)O.CC(C)O.CC(C)O.CC(C)O.Nc1nc(N)nc(N)n1. The second-order valence-corrected chi connectivity index (χ2v) is 7.97. The molecule has 33 heavy (non-hydrogen) atoms. The summed E-state index contributed by atoms with van der Waals surface area (Å²) < 4.78 is 0. The second-order valence-electron chi connectivity index (χ2n) is 7.97. The molecule has 0 spiro atoms. The fourth-order valence-corrected chi connectivity index (χ4v) is 0.427. The molecule has 0 aliphatic heterocycles. The third-order valence-electron chi connectivity index (χ3n) is 0.687. The Morgan fingerprint density at radius 3 is 0.485 bits per heavy atom. The molecule has 0 saturated heterocycles. The maximum absolute atomic E-state index is 8.06. The molecule has 0 bridgehead atoms. The van der Waals surface area contributed by atoms with E-state index in [2.05, 4.69) is 15.0 Å². The van der Waals surface area contributed by atoms with E-state index >= 15 is 0 Å². The number of aliphatic hydroxyl groups excluding tert-OH is 6. The molecule has 0 saturated carbocycles. The van der Waals surface area contributed by atoms with Gasteiger partial charge in [-0.3, -0.25) is 0 Å². The van der Waals surface area contributed by atoms with Crippen LogP contribution in [0, 0.1) is 0 Å². The summed E-state index contributed by atoms with van der Waals surface area (Å²) in [7, 11) is 0. The fraction of sp³-hybridized carbons (Fsp3) is 0.857. The minimum absolute atomic E-state index is 0.0417. The Hall–Kier alpha value is -1.83. The molecule has 0 unspecified atom stereocenters. The number of hydrogen-bond donors (Lipinski definition) is 9. The predicted molar refractivity (Wildman–Crippen MR) is 137 cm³/mol. The van der Waals surface area contributed by atoms with E-state index in [0.29, 0.717) is 0 Å². The molecule has 0 atom stereocenters. The van der Waals surface area contributed by atoms with Crippen LogP contribution >= 0.6 is 0 Å². The first-order chi connectivity index (χ1) is 14.6. The van der Waals surface area contributed by atoms with Crippen molar-refractivity contribution in [3.8, 4) is 0 Å². The van der Waals surface area contributed by atoms with Crippen molar-refractivity contribution >= 4 is 17.8 Å². The highest BCUT2D eigenvalue weighted by molar-refractivity contribution is 5.33. The van der Waals surface area contributed by atoms with Crippen LogP contribution in [0.1, 0.15) is 83.1 Å². The predicted octanol–water partition coefficient (Wildman–Crippen LogP) is 0.941. The van der Waals surface area contributed by atoms with Crippen LogP contribution in [-0.4, -0.2) is 82.2 Å². The van der Waals surface area contributed by atoms with Crippen molar-refractivity contribution in [1.29, 1.82) is 0 Å². The lowest BCUT2D eigenvalue weighted by molar-refractivity contribution is 0.215. The Labute approximate surface area is 200 Å². The first kappa shape index (κ1) is 44.8. The molecule has 0 aliphatic rings. The first-order valence-electron chi connectivity index (χ1n) is 10.7. The van der Waals surface area contributed by atoms with Crippen LogP contribution in [-0.2, 0) is 0 Å². The Morgan fingerprint density at radius 1 is 0.364 bits per heavy atom. The standard InChI is InChI=1S/C3H6N6.6C3H8O/c4-1-7-2(5)9-3(6)8-1;6*1-3(2)4/h(H6,4,5,6,7,8,9);6*3-4H,1-2H3. The minimum atomic E-state index is -0.167. The van der Waals surface area contributed by atoms with Gasteiger partial charge in [-0.15, -0.1) is 0 Å². The van der Waals surface area contributed by atoms with Gasteiger partial charge >= 0.3 is 0 Å². The lowest BCUT2D eigenvalue weighted by atomic mass is 10.5. The van der Waals surface area contributed by atoms with Crippen molar-refractivity contribution in [1.82, 2.24) is 15.0 Å². The number of nitrogens with zero attached hydrogens (tertiary/aromatic N) is 3. The lowest BCUT2D eigenvalue weighted by Crippen LogP contribution is -2.05. The van der Waals surface area contributed by atoms with E-state index in [1.165, 1.54) is 0 Å². The van der Waals surface area contributed by atoms with Crippen molar-refractivity contribution < 1.29 is 30.6 Å². The van der Waals surface area contributed by atoms with Gasteiger partial charge in [-0.2, -0.15) is 15.0 Å². The van der Waals surface area contributed by atoms with Crippen LogP contribution in [0.15, 0.2) is 0 Å². The van der Waals surface area contributed by atoms with Gasteiger partial charge in [0.1, 0.15) is 0 Å². The molecule has 0 aliphatic carbocycles. The fourth-order valence-electron chi connectivity index (χ4n) is 0.427. The van der Waals surface area contributed by atoms with Gasteiger partial charge in [0.2, 0.25) is 17.8 Å². The summed E-state index contributed by atoms with van der Waals surface area (Å²) in [4.78, 5) is 10.5. The molecule has 1 aromatic heterocycles. The minimum Gasteiger partial charge on any atom is -0.394 e. The molecule has 204 valence electrons. The molecule has 12 heteroatoms. The number of aromatic nitrogens is 3. The zero-order chi connectivity index (χ0) is 28.3. The Kier molecular flexibility index (Phi) is 43.9. The molecule has 0 radical (unpaired) electrons. The average Bonchev–Trinajstić information content (AvgIpc) is 2.41. The molecular weight excluding hydrogens is 432 g/mol. The summed E-state index contributed by atoms with van der Waals surface area (Å²) in [6.07, 6.45) is -1.00. The molecule has 12 N–H and O–H groups in total. The highest BCUT2D eigenvalue weighted by Crippen LogP contribution is 1.97. The lowest BCUT2D eigenvalue weighted by Gasteiger charge is -1.93. The Bertz CT molecular complexity index is 363. The van der Waals surface area contributed by atoms with Gasteiger partial charge in [0.15, 0.2) is 0 Å². The number of hydrogen-bond acceptors (Lipinski definition) is 12.